The molecule has 28 heavy (non-hydrogen) atoms. The Morgan fingerprint density at radius 1 is 1.11 bits per heavy atom. The molecule has 0 saturated carbocycles. The maximum atomic E-state index is 11.3. The van der Waals surface area contributed by atoms with Crippen molar-refractivity contribution < 1.29 is 14.3 Å². The Balaban J connectivity index is 1.85. The highest BCUT2D eigenvalue weighted by atomic mass is 16.5. The van der Waals surface area contributed by atoms with Crippen LogP contribution in [-0.4, -0.2) is 17.8 Å². The van der Waals surface area contributed by atoms with Crippen LogP contribution in [-0.2, 0) is 0 Å². The van der Waals surface area contributed by atoms with E-state index < -0.39 is 6.10 Å². The minimum Gasteiger partial charge on any atom is -0.489 e. The number of hydrogen-bond acceptors (Lipinski definition) is 4. The summed E-state index contributed by atoms with van der Waals surface area (Å²) < 4.78 is 10.9. The SMILES string of the molecule is CC(C)=CCC/C(C)=C/[C@@H](O)C/C(C)=C/COc1ccc2ccc(=O)oc2c1. The number of fused-ring (bicyclic) bond motifs is 1. The number of rotatable bonds is 9. The van der Waals surface area contributed by atoms with Gasteiger partial charge in [0.1, 0.15) is 17.9 Å². The largest absolute Gasteiger partial charge is 0.489 e. The molecular weight excluding hydrogens is 352 g/mol. The Hall–Kier alpha value is -2.59. The summed E-state index contributed by atoms with van der Waals surface area (Å²) in [4.78, 5) is 11.3. The molecule has 0 aliphatic rings. The molecule has 0 amide bonds. The van der Waals surface area contributed by atoms with Crippen LogP contribution in [0.25, 0.3) is 11.0 Å². The molecule has 1 aromatic heterocycles. The van der Waals surface area contributed by atoms with Crippen LogP contribution >= 0.6 is 0 Å². The molecule has 1 N–H and O–H groups in total. The standard InChI is InChI=1S/C24H30O4/c1-17(2)6-5-7-18(3)14-21(25)15-19(4)12-13-27-22-10-8-20-9-11-24(26)28-23(20)16-22/h6,8-12,14,16,21,25H,5,7,13,15H2,1-4H3/b18-14+,19-12+/t21-/m1/s1. The number of aliphatic hydroxyl groups excluding tert-OH is 1. The summed E-state index contributed by atoms with van der Waals surface area (Å²) in [6.45, 7) is 8.63. The Kier molecular flexibility index (Phi) is 8.27. The van der Waals surface area contributed by atoms with Gasteiger partial charge in [0, 0.05) is 17.5 Å². The number of benzene rings is 1. The van der Waals surface area contributed by atoms with Gasteiger partial charge in [0.25, 0.3) is 0 Å². The van der Waals surface area contributed by atoms with Crippen molar-refractivity contribution in [3.05, 3.63) is 75.7 Å². The summed E-state index contributed by atoms with van der Waals surface area (Å²) in [6, 6.07) is 8.55. The minimum absolute atomic E-state index is 0.376. The Bertz CT molecular complexity index is 927. The van der Waals surface area contributed by atoms with Gasteiger partial charge in [-0.15, -0.1) is 0 Å². The van der Waals surface area contributed by atoms with Crippen LogP contribution in [0.4, 0.5) is 0 Å². The quantitative estimate of drug-likeness (QED) is 0.455. The van der Waals surface area contributed by atoms with Crippen molar-refractivity contribution in [2.75, 3.05) is 6.61 Å². The molecule has 0 bridgehead atoms. The third-order valence-electron chi connectivity index (χ3n) is 4.38. The fourth-order valence-corrected chi connectivity index (χ4v) is 2.88. The predicted molar refractivity (Wildman–Crippen MR) is 115 cm³/mol. The van der Waals surface area contributed by atoms with E-state index in [9.17, 15) is 9.90 Å². The third-order valence-corrected chi connectivity index (χ3v) is 4.38. The van der Waals surface area contributed by atoms with Gasteiger partial charge in [-0.3, -0.25) is 0 Å². The van der Waals surface area contributed by atoms with Gasteiger partial charge < -0.3 is 14.3 Å². The molecule has 0 saturated heterocycles. The van der Waals surface area contributed by atoms with Crippen LogP contribution in [0, 0.1) is 0 Å². The zero-order chi connectivity index (χ0) is 20.5. The second kappa shape index (κ2) is 10.7. The number of allylic oxidation sites excluding steroid dienone is 3. The van der Waals surface area contributed by atoms with E-state index in [1.54, 1.807) is 12.1 Å². The molecule has 0 fully saturated rings. The van der Waals surface area contributed by atoms with Gasteiger partial charge in [-0.25, -0.2) is 4.79 Å². The van der Waals surface area contributed by atoms with E-state index in [4.69, 9.17) is 9.15 Å². The highest BCUT2D eigenvalue weighted by Crippen LogP contribution is 2.19. The molecule has 0 radical (unpaired) electrons. The molecule has 1 atom stereocenters. The average Bonchev–Trinajstić information content (AvgIpc) is 2.60. The molecule has 0 spiro atoms. The van der Waals surface area contributed by atoms with Crippen molar-refractivity contribution in [3.8, 4) is 5.75 Å². The highest BCUT2D eigenvalue weighted by molar-refractivity contribution is 5.77. The Morgan fingerprint density at radius 3 is 2.61 bits per heavy atom. The van der Waals surface area contributed by atoms with E-state index >= 15 is 0 Å². The van der Waals surface area contributed by atoms with Gasteiger partial charge >= 0.3 is 5.63 Å². The first-order valence-electron chi connectivity index (χ1n) is 9.64. The van der Waals surface area contributed by atoms with Gasteiger partial charge in [-0.05, 0) is 71.2 Å². The molecule has 0 unspecified atom stereocenters. The lowest BCUT2D eigenvalue weighted by Gasteiger charge is -2.09. The topological polar surface area (TPSA) is 59.7 Å². The summed E-state index contributed by atoms with van der Waals surface area (Å²) in [5.74, 6) is 0.640. The normalized spacial score (nSPS) is 13.5. The van der Waals surface area contributed by atoms with E-state index in [0.717, 1.165) is 23.8 Å². The van der Waals surface area contributed by atoms with Crippen molar-refractivity contribution in [1.29, 1.82) is 0 Å². The van der Waals surface area contributed by atoms with Crippen LogP contribution in [0.1, 0.15) is 47.0 Å². The minimum atomic E-state index is -0.488. The van der Waals surface area contributed by atoms with E-state index in [0.29, 0.717) is 24.4 Å². The van der Waals surface area contributed by atoms with Crippen molar-refractivity contribution in [1.82, 2.24) is 0 Å². The molecule has 150 valence electrons. The lowest BCUT2D eigenvalue weighted by atomic mass is 10.0. The molecule has 0 aliphatic carbocycles. The Morgan fingerprint density at radius 2 is 1.86 bits per heavy atom. The zero-order valence-electron chi connectivity index (χ0n) is 17.2. The van der Waals surface area contributed by atoms with Crippen LogP contribution in [0.2, 0.25) is 0 Å². The summed E-state index contributed by atoms with van der Waals surface area (Å²) in [5.41, 5.74) is 3.72. The maximum Gasteiger partial charge on any atom is 0.336 e. The number of hydrogen-bond donors (Lipinski definition) is 1. The Labute approximate surface area is 166 Å². The monoisotopic (exact) mass is 382 g/mol. The summed E-state index contributed by atoms with van der Waals surface area (Å²) >= 11 is 0. The average molecular weight is 383 g/mol. The van der Waals surface area contributed by atoms with Crippen LogP contribution < -0.4 is 10.4 Å². The van der Waals surface area contributed by atoms with E-state index in [-0.39, 0.29) is 5.63 Å². The second-order valence-corrected chi connectivity index (χ2v) is 7.42. The van der Waals surface area contributed by atoms with Gasteiger partial charge in [-0.1, -0.05) is 28.9 Å². The van der Waals surface area contributed by atoms with Crippen molar-refractivity contribution in [2.45, 2.75) is 53.1 Å². The molecule has 4 heteroatoms. The van der Waals surface area contributed by atoms with Crippen LogP contribution in [0.3, 0.4) is 0 Å². The van der Waals surface area contributed by atoms with Gasteiger partial charge in [-0.2, -0.15) is 0 Å². The summed E-state index contributed by atoms with van der Waals surface area (Å²) in [7, 11) is 0. The number of aliphatic hydroxyl groups is 1. The van der Waals surface area contributed by atoms with Gasteiger partial charge in [0.05, 0.1) is 6.10 Å². The molecular formula is C24H30O4. The molecule has 2 aromatic rings. The van der Waals surface area contributed by atoms with Crippen LogP contribution in [0.15, 0.2) is 74.5 Å². The van der Waals surface area contributed by atoms with Gasteiger partial charge in [0.15, 0.2) is 0 Å². The van der Waals surface area contributed by atoms with Crippen molar-refractivity contribution >= 4 is 11.0 Å². The smallest absolute Gasteiger partial charge is 0.336 e. The molecule has 1 heterocycles. The lowest BCUT2D eigenvalue weighted by molar-refractivity contribution is 0.222. The highest BCUT2D eigenvalue weighted by Gasteiger charge is 2.03. The second-order valence-electron chi connectivity index (χ2n) is 7.42. The van der Waals surface area contributed by atoms with Gasteiger partial charge in [0.2, 0.25) is 0 Å². The van der Waals surface area contributed by atoms with Crippen molar-refractivity contribution in [2.24, 2.45) is 0 Å². The first kappa shape index (κ1) is 21.7. The predicted octanol–water partition coefficient (Wildman–Crippen LogP) is 5.56. The fourth-order valence-electron chi connectivity index (χ4n) is 2.88. The summed E-state index contributed by atoms with van der Waals surface area (Å²) in [5, 5.41) is 11.1. The molecule has 1 aromatic carbocycles. The van der Waals surface area contributed by atoms with E-state index in [2.05, 4.69) is 26.8 Å². The first-order chi connectivity index (χ1) is 13.3. The maximum absolute atomic E-state index is 11.3. The zero-order valence-corrected chi connectivity index (χ0v) is 17.2. The number of ether oxygens (including phenoxy) is 1. The van der Waals surface area contributed by atoms with Crippen LogP contribution in [0.5, 0.6) is 5.75 Å². The third kappa shape index (κ3) is 7.57. The van der Waals surface area contributed by atoms with Crippen molar-refractivity contribution in [3.63, 3.8) is 0 Å². The first-order valence-corrected chi connectivity index (χ1v) is 9.64. The lowest BCUT2D eigenvalue weighted by Crippen LogP contribution is -2.05. The van der Waals surface area contributed by atoms with E-state index in [1.165, 1.54) is 17.2 Å². The molecule has 4 nitrogen and oxygen atoms in total. The molecule has 0 aliphatic heterocycles. The summed E-state index contributed by atoms with van der Waals surface area (Å²) in [6.07, 6.45) is 8.17. The van der Waals surface area contributed by atoms with E-state index in [1.807, 2.05) is 31.2 Å². The molecule has 2 rings (SSSR count). The fraction of sp³-hybridized carbons (Fsp3) is 0.375.